The zero-order valence-electron chi connectivity index (χ0n) is 11.3. The summed E-state index contributed by atoms with van der Waals surface area (Å²) in [6.45, 7) is 2.02. The van der Waals surface area contributed by atoms with Crippen LogP contribution in [0.3, 0.4) is 0 Å². The Balaban J connectivity index is 2.21. The van der Waals surface area contributed by atoms with Crippen LogP contribution in [0.1, 0.15) is 22.8 Å². The standard InChI is InChI=1S/C15H13N3O3/c1-2-9-4-3-5-11-14(9)17-18(16-11)12-8-10(15(20)21)6-7-13(12)19/h3-8,19H,2H2,1H3,(H,20,21). The fraction of sp³-hybridized carbons (Fsp3) is 0.133. The maximum atomic E-state index is 11.0. The number of fused-ring (bicyclic) bond motifs is 1. The quantitative estimate of drug-likeness (QED) is 0.770. The Morgan fingerprint density at radius 1 is 1.24 bits per heavy atom. The molecule has 0 spiro atoms. The molecule has 6 heteroatoms. The summed E-state index contributed by atoms with van der Waals surface area (Å²) in [7, 11) is 0. The van der Waals surface area contributed by atoms with Crippen LogP contribution in [0.4, 0.5) is 0 Å². The highest BCUT2D eigenvalue weighted by Crippen LogP contribution is 2.24. The van der Waals surface area contributed by atoms with E-state index in [1.807, 2.05) is 25.1 Å². The number of aryl methyl sites for hydroxylation is 1. The molecule has 1 aromatic heterocycles. The molecule has 0 aliphatic rings. The minimum absolute atomic E-state index is 0.0693. The molecular formula is C15H13N3O3. The van der Waals surface area contributed by atoms with E-state index in [0.29, 0.717) is 5.52 Å². The zero-order valence-corrected chi connectivity index (χ0v) is 11.3. The zero-order chi connectivity index (χ0) is 15.0. The molecule has 6 nitrogen and oxygen atoms in total. The normalized spacial score (nSPS) is 10.9. The summed E-state index contributed by atoms with van der Waals surface area (Å²) in [5.41, 5.74) is 2.82. The number of aromatic hydroxyl groups is 1. The first-order valence-electron chi connectivity index (χ1n) is 6.51. The predicted molar refractivity (Wildman–Crippen MR) is 76.9 cm³/mol. The first kappa shape index (κ1) is 13.1. The lowest BCUT2D eigenvalue weighted by atomic mass is 10.1. The van der Waals surface area contributed by atoms with Crippen molar-refractivity contribution in [3.8, 4) is 11.4 Å². The number of benzene rings is 2. The Morgan fingerprint density at radius 3 is 2.76 bits per heavy atom. The monoisotopic (exact) mass is 283 g/mol. The van der Waals surface area contributed by atoms with E-state index in [4.69, 9.17) is 5.11 Å². The number of nitrogens with zero attached hydrogens (tertiary/aromatic N) is 3. The minimum atomic E-state index is -1.07. The van der Waals surface area contributed by atoms with Gasteiger partial charge in [0, 0.05) is 0 Å². The summed E-state index contributed by atoms with van der Waals surface area (Å²) in [5.74, 6) is -1.14. The van der Waals surface area contributed by atoms with Crippen LogP contribution in [0.2, 0.25) is 0 Å². The van der Waals surface area contributed by atoms with Gasteiger partial charge >= 0.3 is 5.97 Å². The van der Waals surface area contributed by atoms with Gasteiger partial charge in [0.2, 0.25) is 0 Å². The number of aromatic nitrogens is 3. The number of aromatic carboxylic acids is 1. The lowest BCUT2D eigenvalue weighted by molar-refractivity contribution is 0.0697. The van der Waals surface area contributed by atoms with Gasteiger partial charge in [0.15, 0.2) is 0 Å². The Morgan fingerprint density at radius 2 is 2.05 bits per heavy atom. The lowest BCUT2D eigenvalue weighted by Gasteiger charge is -2.04. The van der Waals surface area contributed by atoms with Crippen LogP contribution >= 0.6 is 0 Å². The fourth-order valence-electron chi connectivity index (χ4n) is 2.20. The molecule has 0 unspecified atom stereocenters. The number of rotatable bonds is 3. The van der Waals surface area contributed by atoms with Gasteiger partial charge in [-0.2, -0.15) is 0 Å². The summed E-state index contributed by atoms with van der Waals surface area (Å²) < 4.78 is 0. The number of carbonyl (C=O) groups is 1. The number of hydrogen-bond donors (Lipinski definition) is 2. The van der Waals surface area contributed by atoms with Crippen molar-refractivity contribution in [1.29, 1.82) is 0 Å². The molecule has 0 fully saturated rings. The van der Waals surface area contributed by atoms with Gasteiger partial charge in [-0.1, -0.05) is 19.1 Å². The van der Waals surface area contributed by atoms with E-state index in [-0.39, 0.29) is 17.0 Å². The van der Waals surface area contributed by atoms with Gasteiger partial charge in [0.25, 0.3) is 0 Å². The molecule has 0 aliphatic carbocycles. The van der Waals surface area contributed by atoms with Gasteiger partial charge in [-0.05, 0) is 36.2 Å². The molecule has 3 aromatic rings. The van der Waals surface area contributed by atoms with Crippen LogP contribution in [-0.4, -0.2) is 31.2 Å². The Bertz CT molecular complexity index is 839. The van der Waals surface area contributed by atoms with Gasteiger partial charge in [0.1, 0.15) is 22.5 Å². The Labute approximate surface area is 120 Å². The van der Waals surface area contributed by atoms with Gasteiger partial charge in [0.05, 0.1) is 5.56 Å². The number of phenolic OH excluding ortho intramolecular Hbond substituents is 1. The summed E-state index contributed by atoms with van der Waals surface area (Å²) in [6, 6.07) is 9.70. The van der Waals surface area contributed by atoms with E-state index in [9.17, 15) is 9.90 Å². The number of hydrogen-bond acceptors (Lipinski definition) is 4. The SMILES string of the molecule is CCc1cccc2nn(-c3cc(C(=O)O)ccc3O)nc12. The Kier molecular flexibility index (Phi) is 3.06. The summed E-state index contributed by atoms with van der Waals surface area (Å²) in [5, 5.41) is 27.6. The number of phenols is 1. The predicted octanol–water partition coefficient (Wildman–Crippen LogP) is 2.39. The summed E-state index contributed by atoms with van der Waals surface area (Å²) in [4.78, 5) is 12.3. The Hall–Kier alpha value is -2.89. The van der Waals surface area contributed by atoms with Crippen molar-refractivity contribution in [2.75, 3.05) is 0 Å². The van der Waals surface area contributed by atoms with Crippen molar-refractivity contribution in [3.05, 3.63) is 47.5 Å². The topological polar surface area (TPSA) is 88.2 Å². The second-order valence-electron chi connectivity index (χ2n) is 4.64. The third-order valence-corrected chi connectivity index (χ3v) is 3.31. The summed E-state index contributed by atoms with van der Waals surface area (Å²) in [6.07, 6.45) is 0.817. The summed E-state index contributed by atoms with van der Waals surface area (Å²) >= 11 is 0. The highest BCUT2D eigenvalue weighted by Gasteiger charge is 2.13. The first-order chi connectivity index (χ1) is 10.1. The van der Waals surface area contributed by atoms with E-state index < -0.39 is 5.97 Å². The molecule has 3 rings (SSSR count). The molecule has 0 amide bonds. The van der Waals surface area contributed by atoms with E-state index in [2.05, 4.69) is 10.2 Å². The van der Waals surface area contributed by atoms with Crippen molar-refractivity contribution < 1.29 is 15.0 Å². The van der Waals surface area contributed by atoms with Crippen molar-refractivity contribution in [3.63, 3.8) is 0 Å². The minimum Gasteiger partial charge on any atom is -0.506 e. The maximum absolute atomic E-state index is 11.0. The average Bonchev–Trinajstić information content (AvgIpc) is 2.90. The second kappa shape index (κ2) is 4.90. The molecule has 0 aliphatic heterocycles. The van der Waals surface area contributed by atoms with Crippen LogP contribution in [0.15, 0.2) is 36.4 Å². The number of carboxylic acids is 1. The largest absolute Gasteiger partial charge is 0.506 e. The molecule has 0 atom stereocenters. The van der Waals surface area contributed by atoms with Gasteiger partial charge in [-0.3, -0.25) is 0 Å². The molecule has 2 N–H and O–H groups in total. The highest BCUT2D eigenvalue weighted by atomic mass is 16.4. The van der Waals surface area contributed by atoms with Crippen molar-refractivity contribution in [2.45, 2.75) is 13.3 Å². The molecule has 2 aromatic carbocycles. The third kappa shape index (κ3) is 2.20. The van der Waals surface area contributed by atoms with Gasteiger partial charge in [-0.25, -0.2) is 4.79 Å². The smallest absolute Gasteiger partial charge is 0.335 e. The molecule has 0 radical (unpaired) electrons. The van der Waals surface area contributed by atoms with Gasteiger partial charge in [-0.15, -0.1) is 15.0 Å². The van der Waals surface area contributed by atoms with Gasteiger partial charge < -0.3 is 10.2 Å². The molecule has 0 saturated carbocycles. The van der Waals surface area contributed by atoms with E-state index in [1.165, 1.54) is 23.0 Å². The molecule has 106 valence electrons. The van der Waals surface area contributed by atoms with Crippen molar-refractivity contribution >= 4 is 17.0 Å². The van der Waals surface area contributed by atoms with Crippen molar-refractivity contribution in [1.82, 2.24) is 15.0 Å². The lowest BCUT2D eigenvalue weighted by Crippen LogP contribution is -2.03. The second-order valence-corrected chi connectivity index (χ2v) is 4.64. The van der Waals surface area contributed by atoms with Crippen LogP contribution < -0.4 is 0 Å². The van der Waals surface area contributed by atoms with Crippen LogP contribution in [0, 0.1) is 0 Å². The fourth-order valence-corrected chi connectivity index (χ4v) is 2.20. The van der Waals surface area contributed by atoms with Crippen LogP contribution in [0.25, 0.3) is 16.7 Å². The molecule has 1 heterocycles. The average molecular weight is 283 g/mol. The van der Waals surface area contributed by atoms with E-state index in [0.717, 1.165) is 17.5 Å². The molecular weight excluding hydrogens is 270 g/mol. The highest BCUT2D eigenvalue weighted by molar-refractivity contribution is 5.88. The van der Waals surface area contributed by atoms with E-state index >= 15 is 0 Å². The van der Waals surface area contributed by atoms with E-state index in [1.54, 1.807) is 0 Å². The van der Waals surface area contributed by atoms with Crippen molar-refractivity contribution in [2.24, 2.45) is 0 Å². The molecule has 0 bridgehead atoms. The first-order valence-corrected chi connectivity index (χ1v) is 6.51. The number of carboxylic acid groups (broad SMARTS) is 1. The van der Waals surface area contributed by atoms with Crippen LogP contribution in [0.5, 0.6) is 5.75 Å². The molecule has 0 saturated heterocycles. The molecule has 21 heavy (non-hydrogen) atoms. The maximum Gasteiger partial charge on any atom is 0.335 e. The van der Waals surface area contributed by atoms with Crippen LogP contribution in [-0.2, 0) is 6.42 Å². The third-order valence-electron chi connectivity index (χ3n) is 3.31.